The first-order chi connectivity index (χ1) is 6.13. The molecule has 0 bridgehead atoms. The van der Waals surface area contributed by atoms with Crippen molar-refractivity contribution in [2.24, 2.45) is 0 Å². The summed E-state index contributed by atoms with van der Waals surface area (Å²) >= 11 is 0. The summed E-state index contributed by atoms with van der Waals surface area (Å²) in [6.07, 6.45) is -0.304. The van der Waals surface area contributed by atoms with E-state index in [4.69, 9.17) is 5.11 Å². The van der Waals surface area contributed by atoms with Crippen molar-refractivity contribution in [1.82, 2.24) is 4.90 Å². The number of aliphatic hydroxyl groups is 1. The number of hydrogen-bond acceptors (Lipinski definition) is 3. The number of nitrogens with zero attached hydrogens (tertiary/aromatic N) is 1. The molecule has 1 N–H and O–H groups in total. The predicted molar refractivity (Wildman–Crippen MR) is 50.8 cm³/mol. The summed E-state index contributed by atoms with van der Waals surface area (Å²) in [7, 11) is -0.825. The molecule has 0 radical (unpaired) electrons. The molecule has 13 heavy (non-hydrogen) atoms. The zero-order valence-corrected chi connectivity index (χ0v) is 8.55. The average Bonchev–Trinajstić information content (AvgIpc) is 2.41. The van der Waals surface area contributed by atoms with E-state index in [0.717, 1.165) is 0 Å². The van der Waals surface area contributed by atoms with Crippen molar-refractivity contribution < 1.29 is 14.1 Å². The molecule has 1 rings (SSSR count). The number of carbonyl (C=O) groups excluding carboxylic acids is 1. The highest BCUT2D eigenvalue weighted by Crippen LogP contribution is 2.09. The highest BCUT2D eigenvalue weighted by atomic mass is 32.2. The maximum Gasteiger partial charge on any atom is 0.225 e. The minimum Gasteiger partial charge on any atom is -0.391 e. The van der Waals surface area contributed by atoms with E-state index in [1.165, 1.54) is 0 Å². The first-order valence-electron chi connectivity index (χ1n) is 4.44. The lowest BCUT2D eigenvalue weighted by atomic mass is 10.3. The smallest absolute Gasteiger partial charge is 0.225 e. The molecule has 0 aliphatic carbocycles. The lowest BCUT2D eigenvalue weighted by Crippen LogP contribution is -2.30. The van der Waals surface area contributed by atoms with E-state index in [0.29, 0.717) is 24.6 Å². The van der Waals surface area contributed by atoms with E-state index in [1.54, 1.807) is 4.90 Å². The van der Waals surface area contributed by atoms with Gasteiger partial charge in [-0.05, 0) is 0 Å². The Morgan fingerprint density at radius 2 is 2.38 bits per heavy atom. The Morgan fingerprint density at radius 3 is 2.85 bits per heavy atom. The molecule has 1 aliphatic heterocycles. The van der Waals surface area contributed by atoms with E-state index in [1.807, 2.05) is 6.92 Å². The molecular formula is C8H15NO3S. The normalized spacial score (nSPS) is 25.2. The third-order valence-electron chi connectivity index (χ3n) is 2.10. The molecule has 0 aromatic rings. The summed E-state index contributed by atoms with van der Waals surface area (Å²) in [5.41, 5.74) is 0. The number of hydrogen-bond donors (Lipinski definition) is 1. The molecule has 2 atom stereocenters. The Kier molecular flexibility index (Phi) is 3.87. The Hall–Kier alpha value is -0.420. The second kappa shape index (κ2) is 4.72. The van der Waals surface area contributed by atoms with Gasteiger partial charge in [-0.2, -0.15) is 0 Å². The fourth-order valence-electron chi connectivity index (χ4n) is 1.32. The van der Waals surface area contributed by atoms with Crippen LogP contribution in [0.25, 0.3) is 0 Å². The molecule has 1 aliphatic rings. The van der Waals surface area contributed by atoms with Gasteiger partial charge >= 0.3 is 0 Å². The van der Waals surface area contributed by atoms with Crippen LogP contribution in [0.3, 0.4) is 0 Å². The van der Waals surface area contributed by atoms with Gasteiger partial charge in [0.05, 0.1) is 12.5 Å². The van der Waals surface area contributed by atoms with Crippen LogP contribution < -0.4 is 0 Å². The summed E-state index contributed by atoms with van der Waals surface area (Å²) in [6.45, 7) is 2.77. The van der Waals surface area contributed by atoms with Gasteiger partial charge in [0.2, 0.25) is 5.91 Å². The van der Waals surface area contributed by atoms with Gasteiger partial charge in [-0.3, -0.25) is 9.00 Å². The predicted octanol–water partition coefficient (Wildman–Crippen LogP) is -0.652. The minimum absolute atomic E-state index is 0.0272. The van der Waals surface area contributed by atoms with E-state index in [-0.39, 0.29) is 12.3 Å². The van der Waals surface area contributed by atoms with Gasteiger partial charge in [0.15, 0.2) is 0 Å². The van der Waals surface area contributed by atoms with Crippen molar-refractivity contribution in [3.8, 4) is 0 Å². The molecule has 1 amide bonds. The Labute approximate surface area is 80.4 Å². The molecule has 4 nitrogen and oxygen atoms in total. The first kappa shape index (κ1) is 10.7. The van der Waals surface area contributed by atoms with Gasteiger partial charge in [0.1, 0.15) is 0 Å². The maximum atomic E-state index is 11.2. The van der Waals surface area contributed by atoms with Crippen LogP contribution in [0.5, 0.6) is 0 Å². The van der Waals surface area contributed by atoms with E-state index >= 15 is 0 Å². The van der Waals surface area contributed by atoms with Crippen LogP contribution in [0, 0.1) is 0 Å². The summed E-state index contributed by atoms with van der Waals surface area (Å²) in [6, 6.07) is 0. The summed E-state index contributed by atoms with van der Waals surface area (Å²) in [5, 5.41) is 9.15. The van der Waals surface area contributed by atoms with Crippen molar-refractivity contribution >= 4 is 16.7 Å². The fraction of sp³-hybridized carbons (Fsp3) is 0.875. The summed E-state index contributed by atoms with van der Waals surface area (Å²) < 4.78 is 11.1. The van der Waals surface area contributed by atoms with Crippen LogP contribution in [-0.4, -0.2) is 50.8 Å². The molecule has 76 valence electrons. The van der Waals surface area contributed by atoms with Crippen LogP contribution in [0.15, 0.2) is 0 Å². The van der Waals surface area contributed by atoms with Crippen LogP contribution in [-0.2, 0) is 15.6 Å². The van der Waals surface area contributed by atoms with Crippen LogP contribution in [0.4, 0.5) is 0 Å². The fourth-order valence-corrected chi connectivity index (χ4v) is 2.04. The molecule has 1 fully saturated rings. The van der Waals surface area contributed by atoms with Gasteiger partial charge in [0, 0.05) is 35.4 Å². The molecule has 1 saturated heterocycles. The highest BCUT2D eigenvalue weighted by Gasteiger charge is 2.27. The van der Waals surface area contributed by atoms with E-state index in [2.05, 4.69) is 0 Å². The molecule has 1 heterocycles. The number of amides is 1. The Balaban J connectivity index is 2.29. The van der Waals surface area contributed by atoms with Crippen LogP contribution in [0.2, 0.25) is 0 Å². The second-order valence-corrected chi connectivity index (χ2v) is 5.00. The van der Waals surface area contributed by atoms with Crippen molar-refractivity contribution in [1.29, 1.82) is 0 Å². The monoisotopic (exact) mass is 205 g/mol. The topological polar surface area (TPSA) is 57.6 Å². The molecular weight excluding hydrogens is 190 g/mol. The van der Waals surface area contributed by atoms with E-state index in [9.17, 15) is 9.00 Å². The van der Waals surface area contributed by atoms with Crippen molar-refractivity contribution in [3.63, 3.8) is 0 Å². The number of aliphatic hydroxyl groups excluding tert-OH is 1. The van der Waals surface area contributed by atoms with Gasteiger partial charge < -0.3 is 10.0 Å². The third-order valence-corrected chi connectivity index (χ3v) is 3.39. The quantitative estimate of drug-likeness (QED) is 0.663. The zero-order chi connectivity index (χ0) is 9.84. The average molecular weight is 205 g/mol. The van der Waals surface area contributed by atoms with Crippen molar-refractivity contribution in [2.45, 2.75) is 19.4 Å². The van der Waals surface area contributed by atoms with E-state index < -0.39 is 16.9 Å². The standard InChI is InChI=1S/C8H15NO3S/c1-2-13(12)4-3-9-6-7(10)5-8(9)11/h7,10H,2-6H2,1H3. The van der Waals surface area contributed by atoms with Crippen LogP contribution in [0.1, 0.15) is 13.3 Å². The highest BCUT2D eigenvalue weighted by molar-refractivity contribution is 7.84. The maximum absolute atomic E-state index is 11.2. The Morgan fingerprint density at radius 1 is 1.69 bits per heavy atom. The molecule has 0 spiro atoms. The summed E-state index contributed by atoms with van der Waals surface area (Å²) in [4.78, 5) is 12.7. The zero-order valence-electron chi connectivity index (χ0n) is 7.73. The second-order valence-electron chi connectivity index (χ2n) is 3.13. The summed E-state index contributed by atoms with van der Waals surface area (Å²) in [5.74, 6) is 1.13. The number of likely N-dealkylation sites (tertiary alicyclic amines) is 1. The van der Waals surface area contributed by atoms with Crippen molar-refractivity contribution in [3.05, 3.63) is 0 Å². The van der Waals surface area contributed by atoms with Gasteiger partial charge in [-0.25, -0.2) is 0 Å². The lowest BCUT2D eigenvalue weighted by Gasteiger charge is -2.14. The lowest BCUT2D eigenvalue weighted by molar-refractivity contribution is -0.127. The minimum atomic E-state index is -0.825. The largest absolute Gasteiger partial charge is 0.391 e. The van der Waals surface area contributed by atoms with Crippen LogP contribution >= 0.6 is 0 Å². The van der Waals surface area contributed by atoms with Gasteiger partial charge in [-0.1, -0.05) is 6.92 Å². The van der Waals surface area contributed by atoms with Crippen molar-refractivity contribution in [2.75, 3.05) is 24.6 Å². The molecule has 0 aromatic carbocycles. The number of rotatable bonds is 4. The Bertz CT molecular complexity index is 219. The molecule has 0 aromatic heterocycles. The molecule has 0 saturated carbocycles. The SMILES string of the molecule is CCS(=O)CCN1CC(O)CC1=O. The molecule has 5 heteroatoms. The number of β-amino-alcohol motifs (C(OH)–C–C–N with tert-alkyl or cyclic N) is 1. The third kappa shape index (κ3) is 3.08. The van der Waals surface area contributed by atoms with Gasteiger partial charge in [-0.15, -0.1) is 0 Å². The first-order valence-corrected chi connectivity index (χ1v) is 5.93. The molecule has 2 unspecified atom stereocenters. The number of carbonyl (C=O) groups is 1. The van der Waals surface area contributed by atoms with Gasteiger partial charge in [0.25, 0.3) is 0 Å².